The number of carbonyl (C=O) groups excluding carboxylic acids is 1. The van der Waals surface area contributed by atoms with E-state index < -0.39 is 20.6 Å². The third-order valence-electron chi connectivity index (χ3n) is 7.88. The van der Waals surface area contributed by atoms with Gasteiger partial charge in [0.15, 0.2) is 9.84 Å². The second kappa shape index (κ2) is 6.78. The summed E-state index contributed by atoms with van der Waals surface area (Å²) in [5, 5.41) is -1.17. The van der Waals surface area contributed by atoms with Gasteiger partial charge >= 0.3 is 0 Å². The van der Waals surface area contributed by atoms with Gasteiger partial charge in [-0.05, 0) is 73.1 Å². The summed E-state index contributed by atoms with van der Waals surface area (Å²) in [6.07, 6.45) is 4.63. The standard InChI is InChI=1S/C24H27NO3S/c25-23(29(27,28)17-7-2-1-3-8-17)24-15-14-19-18-9-5-4-6-16(18)10-11-20(19)21(24)12-13-22(24)26/h1-9,19-21,23H,10-15,25H2/t19-,20-,21+,23?,24-/m1/s1. The number of hydrogen-bond donors (Lipinski definition) is 1. The van der Waals surface area contributed by atoms with Gasteiger partial charge in [-0.15, -0.1) is 0 Å². The number of carbonyl (C=O) groups is 1. The fraction of sp³-hybridized carbons (Fsp3) is 0.458. The molecule has 2 aromatic rings. The summed E-state index contributed by atoms with van der Waals surface area (Å²) >= 11 is 0. The molecule has 0 radical (unpaired) electrons. The van der Waals surface area contributed by atoms with Crippen LogP contribution in [0.3, 0.4) is 0 Å². The van der Waals surface area contributed by atoms with E-state index in [0.717, 1.165) is 25.7 Å². The van der Waals surface area contributed by atoms with Crippen molar-refractivity contribution in [2.75, 3.05) is 0 Å². The van der Waals surface area contributed by atoms with Crippen molar-refractivity contribution >= 4 is 15.6 Å². The Kier molecular flexibility index (Phi) is 4.44. The van der Waals surface area contributed by atoms with Crippen LogP contribution in [-0.2, 0) is 21.1 Å². The molecule has 5 atom stereocenters. The predicted octanol–water partition coefficient (Wildman–Crippen LogP) is 3.85. The third-order valence-corrected chi connectivity index (χ3v) is 9.90. The van der Waals surface area contributed by atoms with Crippen molar-refractivity contribution in [1.82, 2.24) is 0 Å². The van der Waals surface area contributed by atoms with Gasteiger partial charge in [-0.1, -0.05) is 42.5 Å². The van der Waals surface area contributed by atoms with Crippen LogP contribution in [0, 0.1) is 17.3 Å². The molecule has 5 rings (SSSR count). The van der Waals surface area contributed by atoms with Crippen molar-refractivity contribution in [2.45, 2.75) is 54.7 Å². The average molecular weight is 410 g/mol. The molecule has 0 spiro atoms. The van der Waals surface area contributed by atoms with Crippen LogP contribution in [-0.4, -0.2) is 19.6 Å². The van der Waals surface area contributed by atoms with Gasteiger partial charge in [0.05, 0.1) is 10.3 Å². The molecule has 2 saturated carbocycles. The highest BCUT2D eigenvalue weighted by molar-refractivity contribution is 7.92. The first-order valence-corrected chi connectivity index (χ1v) is 12.2. The number of ketones is 1. The van der Waals surface area contributed by atoms with E-state index in [0.29, 0.717) is 24.7 Å². The lowest BCUT2D eigenvalue weighted by molar-refractivity contribution is -0.130. The molecule has 2 N–H and O–H groups in total. The number of hydrogen-bond acceptors (Lipinski definition) is 4. The minimum Gasteiger partial charge on any atom is -0.314 e. The summed E-state index contributed by atoms with van der Waals surface area (Å²) in [7, 11) is -3.78. The average Bonchev–Trinajstić information content (AvgIpc) is 3.11. The van der Waals surface area contributed by atoms with Gasteiger partial charge in [0.25, 0.3) is 0 Å². The topological polar surface area (TPSA) is 77.2 Å². The quantitative estimate of drug-likeness (QED) is 0.835. The Morgan fingerprint density at radius 3 is 2.45 bits per heavy atom. The van der Waals surface area contributed by atoms with Crippen molar-refractivity contribution in [2.24, 2.45) is 23.0 Å². The first-order valence-electron chi connectivity index (χ1n) is 10.6. The zero-order valence-electron chi connectivity index (χ0n) is 16.5. The van der Waals surface area contributed by atoms with Gasteiger partial charge in [0.2, 0.25) is 0 Å². The van der Waals surface area contributed by atoms with Crippen LogP contribution >= 0.6 is 0 Å². The summed E-state index contributed by atoms with van der Waals surface area (Å²) in [4.78, 5) is 13.4. The largest absolute Gasteiger partial charge is 0.314 e. The molecule has 0 aliphatic heterocycles. The lowest BCUT2D eigenvalue weighted by Crippen LogP contribution is -2.57. The molecule has 0 amide bonds. The van der Waals surface area contributed by atoms with Crippen LogP contribution in [0.4, 0.5) is 0 Å². The first-order chi connectivity index (χ1) is 14.0. The normalized spacial score (nSPS) is 32.2. The van der Waals surface area contributed by atoms with Gasteiger partial charge in [-0.3, -0.25) is 4.79 Å². The number of fused-ring (bicyclic) bond motifs is 5. The van der Waals surface area contributed by atoms with E-state index in [-0.39, 0.29) is 16.6 Å². The molecule has 0 aromatic heterocycles. The molecule has 4 nitrogen and oxygen atoms in total. The minimum absolute atomic E-state index is 0.0515. The van der Waals surface area contributed by atoms with Crippen LogP contribution in [0.2, 0.25) is 0 Å². The molecule has 1 unspecified atom stereocenters. The Morgan fingerprint density at radius 2 is 1.66 bits per heavy atom. The SMILES string of the molecule is NC([C@]12CC[C@@H]3c4ccccc4CC[C@H]3[C@@H]1CCC2=O)S(=O)(=O)c1ccccc1. The number of benzene rings is 2. The molecule has 152 valence electrons. The molecular weight excluding hydrogens is 382 g/mol. The number of rotatable bonds is 3. The molecule has 29 heavy (non-hydrogen) atoms. The molecule has 5 heteroatoms. The minimum atomic E-state index is -3.78. The molecule has 3 aliphatic rings. The van der Waals surface area contributed by atoms with Gasteiger partial charge in [-0.25, -0.2) is 8.42 Å². The highest BCUT2D eigenvalue weighted by Gasteiger charge is 2.62. The fourth-order valence-electron chi connectivity index (χ4n) is 6.57. The number of Topliss-reactive ketones (excluding diaryl/α,β-unsaturated/α-hetero) is 1. The van der Waals surface area contributed by atoms with E-state index in [1.54, 1.807) is 30.3 Å². The van der Waals surface area contributed by atoms with Crippen LogP contribution in [0.25, 0.3) is 0 Å². The number of sulfone groups is 1. The van der Waals surface area contributed by atoms with E-state index in [1.807, 2.05) is 0 Å². The Labute approximate surface area is 172 Å². The van der Waals surface area contributed by atoms with Crippen molar-refractivity contribution in [1.29, 1.82) is 0 Å². The Balaban J connectivity index is 1.56. The second-order valence-electron chi connectivity index (χ2n) is 8.93. The van der Waals surface area contributed by atoms with Crippen molar-refractivity contribution in [3.63, 3.8) is 0 Å². The zero-order valence-corrected chi connectivity index (χ0v) is 17.3. The lowest BCUT2D eigenvalue weighted by atomic mass is 9.55. The van der Waals surface area contributed by atoms with Crippen LogP contribution in [0.1, 0.15) is 49.1 Å². The highest BCUT2D eigenvalue weighted by atomic mass is 32.2. The number of nitrogens with two attached hydrogens (primary N) is 1. The number of aryl methyl sites for hydroxylation is 1. The van der Waals surface area contributed by atoms with E-state index >= 15 is 0 Å². The summed E-state index contributed by atoms with van der Waals surface area (Å²) < 4.78 is 26.8. The van der Waals surface area contributed by atoms with Crippen molar-refractivity contribution in [3.05, 3.63) is 65.7 Å². The summed E-state index contributed by atoms with van der Waals surface area (Å²) in [6, 6.07) is 17.0. The van der Waals surface area contributed by atoms with Crippen molar-refractivity contribution < 1.29 is 13.2 Å². The van der Waals surface area contributed by atoms with Gasteiger partial charge in [0.1, 0.15) is 11.2 Å². The molecular formula is C24H27NO3S. The fourth-order valence-corrected chi connectivity index (χ4v) is 8.38. The Morgan fingerprint density at radius 1 is 0.931 bits per heavy atom. The maximum absolute atomic E-state index is 13.4. The van der Waals surface area contributed by atoms with E-state index in [2.05, 4.69) is 24.3 Å². The lowest BCUT2D eigenvalue weighted by Gasteiger charge is -2.51. The highest BCUT2D eigenvalue weighted by Crippen LogP contribution is 2.61. The third kappa shape index (κ3) is 2.67. The van der Waals surface area contributed by atoms with Gasteiger partial charge in [-0.2, -0.15) is 0 Å². The molecule has 0 saturated heterocycles. The van der Waals surface area contributed by atoms with Crippen LogP contribution in [0.5, 0.6) is 0 Å². The van der Waals surface area contributed by atoms with Crippen LogP contribution < -0.4 is 5.73 Å². The van der Waals surface area contributed by atoms with Gasteiger partial charge in [0, 0.05) is 6.42 Å². The maximum atomic E-state index is 13.4. The monoisotopic (exact) mass is 409 g/mol. The zero-order chi connectivity index (χ0) is 20.2. The summed E-state index contributed by atoms with van der Waals surface area (Å²) in [6.45, 7) is 0. The molecule has 2 aromatic carbocycles. The molecule has 0 bridgehead atoms. The molecule has 0 heterocycles. The van der Waals surface area contributed by atoms with Crippen molar-refractivity contribution in [3.8, 4) is 0 Å². The van der Waals surface area contributed by atoms with E-state index in [1.165, 1.54) is 11.1 Å². The smallest absolute Gasteiger partial charge is 0.195 e. The van der Waals surface area contributed by atoms with Gasteiger partial charge < -0.3 is 5.73 Å². The molecule has 3 aliphatic carbocycles. The molecule has 2 fully saturated rings. The second-order valence-corrected chi connectivity index (χ2v) is 11.0. The first kappa shape index (κ1) is 19.0. The Bertz CT molecular complexity index is 1050. The Hall–Kier alpha value is -1.98. The van der Waals surface area contributed by atoms with E-state index in [9.17, 15) is 13.2 Å². The van der Waals surface area contributed by atoms with E-state index in [4.69, 9.17) is 5.73 Å². The van der Waals surface area contributed by atoms with Crippen LogP contribution in [0.15, 0.2) is 59.5 Å². The predicted molar refractivity (Wildman–Crippen MR) is 112 cm³/mol. The summed E-state index contributed by atoms with van der Waals surface area (Å²) in [5.41, 5.74) is 8.40. The maximum Gasteiger partial charge on any atom is 0.195 e. The summed E-state index contributed by atoms with van der Waals surface area (Å²) in [5.74, 6) is 0.861.